The quantitative estimate of drug-likeness (QED) is 0.194. The van der Waals surface area contributed by atoms with E-state index < -0.39 is 58.2 Å². The largest absolute Gasteiger partial charge is 0.472 e. The molecule has 0 heterocycles. The number of rotatable bonds is 10. The number of aliphatic hydroxyl groups is 6. The van der Waals surface area contributed by atoms with Crippen molar-refractivity contribution >= 4 is 7.82 Å². The Morgan fingerprint density at radius 3 is 1.67 bits per heavy atom. The molecule has 0 bridgehead atoms. The second-order valence-corrected chi connectivity index (χ2v) is 7.00. The first-order valence-corrected chi connectivity index (χ1v) is 8.57. The molecule has 0 aromatic heterocycles. The van der Waals surface area contributed by atoms with Gasteiger partial charge >= 0.3 is 7.82 Å². The van der Waals surface area contributed by atoms with E-state index in [9.17, 15) is 19.9 Å². The highest BCUT2D eigenvalue weighted by atomic mass is 31.2. The normalized spacial score (nSPS) is 20.3. The highest BCUT2D eigenvalue weighted by Gasteiger charge is 2.32. The van der Waals surface area contributed by atoms with Gasteiger partial charge in [-0.05, 0) is 28.1 Å². The number of hydrogen-bond donors (Lipinski definition) is 7. The smallest absolute Gasteiger partial charge is 0.394 e. The first-order valence-electron chi connectivity index (χ1n) is 7.08. The van der Waals surface area contributed by atoms with Crippen molar-refractivity contribution in [2.75, 3.05) is 41.0 Å². The molecule has 0 saturated heterocycles. The van der Waals surface area contributed by atoms with E-state index in [0.29, 0.717) is 0 Å². The van der Waals surface area contributed by atoms with Crippen molar-refractivity contribution in [3.63, 3.8) is 0 Å². The highest BCUT2D eigenvalue weighted by Crippen LogP contribution is 2.43. The van der Waals surface area contributed by atoms with E-state index in [-0.39, 0.29) is 0 Å². The molecule has 0 saturated carbocycles. The van der Waals surface area contributed by atoms with E-state index in [2.05, 4.69) is 9.05 Å². The molecule has 0 aromatic carbocycles. The van der Waals surface area contributed by atoms with Crippen LogP contribution in [0.4, 0.5) is 0 Å². The molecule has 7 N–H and O–H groups in total. The Morgan fingerprint density at radius 1 is 0.917 bits per heavy atom. The second-order valence-electron chi connectivity index (χ2n) is 5.55. The highest BCUT2D eigenvalue weighted by molar-refractivity contribution is 7.47. The van der Waals surface area contributed by atoms with Crippen LogP contribution in [0.3, 0.4) is 0 Å². The van der Waals surface area contributed by atoms with Crippen molar-refractivity contribution in [2.24, 2.45) is 0 Å². The van der Waals surface area contributed by atoms with Crippen LogP contribution >= 0.6 is 7.82 Å². The second kappa shape index (κ2) is 13.1. The standard InChI is InChI=1S/C9H21O10P.C3H9N/c1-5(11)3-18-20(16,17)19-4-7(13)9(15)8(14)6(12)2-10;1-4(2)3/h5-15H,2-4H2,1H3,(H,16,17);1-3H3. The average molecular weight is 379 g/mol. The zero-order valence-corrected chi connectivity index (χ0v) is 15.2. The molecule has 0 fully saturated rings. The van der Waals surface area contributed by atoms with Crippen LogP contribution in [0.5, 0.6) is 0 Å². The minimum atomic E-state index is -4.53. The molecule has 24 heavy (non-hydrogen) atoms. The van der Waals surface area contributed by atoms with Crippen molar-refractivity contribution in [2.45, 2.75) is 37.4 Å². The molecule has 11 nitrogen and oxygen atoms in total. The third kappa shape index (κ3) is 14.2. The molecule has 6 atom stereocenters. The Balaban J connectivity index is 0. The number of phosphoric acid groups is 1. The van der Waals surface area contributed by atoms with Crippen molar-refractivity contribution < 1.29 is 49.1 Å². The van der Waals surface area contributed by atoms with Gasteiger partial charge in [-0.2, -0.15) is 0 Å². The third-order valence-electron chi connectivity index (χ3n) is 2.21. The first-order chi connectivity index (χ1) is 10.8. The lowest BCUT2D eigenvalue weighted by molar-refractivity contribution is -0.123. The first kappa shape index (κ1) is 26.1. The predicted molar refractivity (Wildman–Crippen MR) is 84.1 cm³/mol. The number of phosphoric ester groups is 1. The van der Waals surface area contributed by atoms with Crippen LogP contribution in [0.15, 0.2) is 0 Å². The van der Waals surface area contributed by atoms with E-state index in [4.69, 9.17) is 20.2 Å². The number of hydrogen-bond acceptors (Lipinski definition) is 10. The van der Waals surface area contributed by atoms with Gasteiger partial charge in [-0.25, -0.2) is 4.57 Å². The van der Waals surface area contributed by atoms with Crippen LogP contribution in [0.1, 0.15) is 6.92 Å². The number of aliphatic hydroxyl groups excluding tert-OH is 6. The minimum Gasteiger partial charge on any atom is -0.394 e. The lowest BCUT2D eigenvalue weighted by atomic mass is 10.0. The Morgan fingerprint density at radius 2 is 1.29 bits per heavy atom. The lowest BCUT2D eigenvalue weighted by Gasteiger charge is -2.25. The molecule has 148 valence electrons. The Hall–Kier alpha value is -0.170. The van der Waals surface area contributed by atoms with Crippen LogP contribution in [-0.4, -0.2) is 112 Å². The maximum Gasteiger partial charge on any atom is 0.472 e. The molecule has 0 radical (unpaired) electrons. The Labute approximate surface area is 141 Å². The molecule has 0 rings (SSSR count). The summed E-state index contributed by atoms with van der Waals surface area (Å²) in [5.74, 6) is 0. The van der Waals surface area contributed by atoms with E-state index in [0.717, 1.165) is 0 Å². The molecule has 0 amide bonds. The summed E-state index contributed by atoms with van der Waals surface area (Å²) in [6.07, 6.45) is -8.27. The van der Waals surface area contributed by atoms with Gasteiger partial charge in [0.25, 0.3) is 0 Å². The van der Waals surface area contributed by atoms with Crippen molar-refractivity contribution in [1.29, 1.82) is 0 Å². The lowest BCUT2D eigenvalue weighted by Crippen LogP contribution is -2.47. The Bertz CT molecular complexity index is 354. The predicted octanol–water partition coefficient (Wildman–Crippen LogP) is -2.89. The van der Waals surface area contributed by atoms with E-state index >= 15 is 0 Å². The topological polar surface area (TPSA) is 180 Å². The fraction of sp³-hybridized carbons (Fsp3) is 1.00. The summed E-state index contributed by atoms with van der Waals surface area (Å²) >= 11 is 0. The van der Waals surface area contributed by atoms with E-state index in [1.54, 1.807) is 0 Å². The van der Waals surface area contributed by atoms with Gasteiger partial charge in [-0.15, -0.1) is 0 Å². The Kier molecular flexibility index (Phi) is 14.2. The summed E-state index contributed by atoms with van der Waals surface area (Å²) in [7, 11) is 1.47. The molecule has 0 spiro atoms. The van der Waals surface area contributed by atoms with Gasteiger partial charge in [-0.1, -0.05) is 0 Å². The fourth-order valence-corrected chi connectivity index (χ4v) is 1.89. The third-order valence-corrected chi connectivity index (χ3v) is 3.16. The van der Waals surface area contributed by atoms with E-state index in [1.807, 2.05) is 26.0 Å². The molecule has 12 heteroatoms. The van der Waals surface area contributed by atoms with Gasteiger partial charge in [-0.3, -0.25) is 9.05 Å². The van der Waals surface area contributed by atoms with Crippen LogP contribution in [0.2, 0.25) is 0 Å². The zero-order valence-electron chi connectivity index (χ0n) is 14.3. The molecular weight excluding hydrogens is 349 g/mol. The van der Waals surface area contributed by atoms with Gasteiger partial charge in [0.15, 0.2) is 0 Å². The van der Waals surface area contributed by atoms with Gasteiger partial charge in [0.2, 0.25) is 0 Å². The van der Waals surface area contributed by atoms with Gasteiger partial charge in [0, 0.05) is 0 Å². The van der Waals surface area contributed by atoms with Crippen LogP contribution in [0.25, 0.3) is 0 Å². The number of nitrogens with zero attached hydrogens (tertiary/aromatic N) is 1. The summed E-state index contributed by atoms with van der Waals surface area (Å²) in [4.78, 5) is 11.1. The maximum absolute atomic E-state index is 11.3. The average Bonchev–Trinajstić information content (AvgIpc) is 2.48. The molecule has 0 aliphatic rings. The van der Waals surface area contributed by atoms with Gasteiger partial charge in [0.1, 0.15) is 24.4 Å². The van der Waals surface area contributed by atoms with Crippen molar-refractivity contribution in [1.82, 2.24) is 4.90 Å². The molecule has 6 unspecified atom stereocenters. The van der Waals surface area contributed by atoms with Crippen molar-refractivity contribution in [3.05, 3.63) is 0 Å². The molecule has 0 aliphatic carbocycles. The van der Waals surface area contributed by atoms with Crippen LogP contribution in [-0.2, 0) is 13.6 Å². The van der Waals surface area contributed by atoms with Crippen LogP contribution in [0, 0.1) is 0 Å². The van der Waals surface area contributed by atoms with Gasteiger partial charge in [0.05, 0.1) is 25.9 Å². The monoisotopic (exact) mass is 379 g/mol. The van der Waals surface area contributed by atoms with Gasteiger partial charge < -0.3 is 40.4 Å². The SMILES string of the molecule is CC(O)COP(=O)(O)OCC(O)C(O)C(O)C(O)CO.CN(C)C. The minimum absolute atomic E-state index is 0.474. The molecule has 0 aliphatic heterocycles. The molecule has 0 aromatic rings. The van der Waals surface area contributed by atoms with Crippen molar-refractivity contribution in [3.8, 4) is 0 Å². The molecular formula is C12H30NO10P. The van der Waals surface area contributed by atoms with Crippen LogP contribution < -0.4 is 0 Å². The summed E-state index contributed by atoms with van der Waals surface area (Å²) in [6, 6.07) is 0. The maximum atomic E-state index is 11.3. The summed E-state index contributed by atoms with van der Waals surface area (Å²) in [5.41, 5.74) is 0. The summed E-state index contributed by atoms with van der Waals surface area (Å²) in [6.45, 7) is -0.880. The fourth-order valence-electron chi connectivity index (χ4n) is 1.07. The summed E-state index contributed by atoms with van der Waals surface area (Å²) < 4.78 is 19.9. The zero-order chi connectivity index (χ0) is 19.5. The van der Waals surface area contributed by atoms with E-state index in [1.165, 1.54) is 6.92 Å². The summed E-state index contributed by atoms with van der Waals surface area (Å²) in [5, 5.41) is 54.6.